The molecule has 42 heavy (non-hydrogen) atoms. The maximum Gasteiger partial charge on any atom is 0.285 e. The maximum atomic E-state index is 15.0. The molecule has 0 spiro atoms. The number of rotatable bonds is 14. The third-order valence-corrected chi connectivity index (χ3v) is 7.10. The molecule has 1 heterocycles. The summed E-state index contributed by atoms with van der Waals surface area (Å²) in [5.41, 5.74) is -2.34. The van der Waals surface area contributed by atoms with Crippen LogP contribution in [0.1, 0.15) is 40.9 Å². The van der Waals surface area contributed by atoms with Crippen LogP contribution < -0.4 is 10.6 Å². The fraction of sp³-hybridized carbons (Fsp3) is 0.464. The quantitative estimate of drug-likeness (QED) is 0.0971. The smallest absolute Gasteiger partial charge is 0.285 e. The van der Waals surface area contributed by atoms with E-state index in [0.29, 0.717) is 19.0 Å². The van der Waals surface area contributed by atoms with Gasteiger partial charge < -0.3 is 41.3 Å². The number of hydrogen-bond acceptors (Lipinski definition) is 11. The van der Waals surface area contributed by atoms with Gasteiger partial charge in [0.05, 0.1) is 13.2 Å². The average Bonchev–Trinajstić information content (AvgIpc) is 3.28. The lowest BCUT2D eigenvalue weighted by Gasteiger charge is -2.46. The van der Waals surface area contributed by atoms with Crippen molar-refractivity contribution >= 4 is 23.8 Å². The molecule has 2 amide bonds. The molecular formula is C28H37FN4O9. The fourth-order valence-corrected chi connectivity index (χ4v) is 4.92. The van der Waals surface area contributed by atoms with E-state index < -0.39 is 47.8 Å². The first-order chi connectivity index (χ1) is 19.6. The Bertz CT molecular complexity index is 1320. The van der Waals surface area contributed by atoms with Crippen molar-refractivity contribution in [3.63, 3.8) is 0 Å². The standard InChI is InChI=1S/C28H37FN4O9/c1-17(2)13-32(9-10-34)14-18-7-8-19(22(29)11-18)12-31-23-6-4-5-20-21(23)15-33(24(20)36)27(40,25(37)30-3)28(41,42)26(38,39)16-35/h4-8,11,16-17,31,34,38-42H,9-10,12-15H2,1-3H3,(H,30,37). The van der Waals surface area contributed by atoms with Crippen LogP contribution in [-0.2, 0) is 29.2 Å². The van der Waals surface area contributed by atoms with Crippen LogP contribution in [0, 0.1) is 11.7 Å². The van der Waals surface area contributed by atoms with Crippen molar-refractivity contribution in [3.05, 3.63) is 64.5 Å². The molecule has 8 N–H and O–H groups in total. The van der Waals surface area contributed by atoms with Crippen molar-refractivity contribution in [2.45, 2.75) is 50.8 Å². The van der Waals surface area contributed by atoms with Crippen molar-refractivity contribution < 1.29 is 49.4 Å². The molecule has 3 rings (SSSR count). The van der Waals surface area contributed by atoms with E-state index in [-0.39, 0.29) is 40.4 Å². The number of nitrogens with one attached hydrogen (secondary N) is 2. The number of nitrogens with zero attached hydrogens (tertiary/aromatic N) is 2. The number of aliphatic hydroxyl groups is 6. The van der Waals surface area contributed by atoms with Gasteiger partial charge in [-0.25, -0.2) is 4.39 Å². The molecule has 1 atom stereocenters. The molecule has 0 aliphatic carbocycles. The third-order valence-electron chi connectivity index (χ3n) is 7.10. The van der Waals surface area contributed by atoms with Crippen molar-refractivity contribution in [1.29, 1.82) is 0 Å². The van der Waals surface area contributed by atoms with Crippen molar-refractivity contribution in [3.8, 4) is 0 Å². The van der Waals surface area contributed by atoms with E-state index in [9.17, 15) is 45.0 Å². The lowest BCUT2D eigenvalue weighted by molar-refractivity contribution is -0.398. The number of aliphatic hydroxyl groups excluding tert-OH is 1. The van der Waals surface area contributed by atoms with Crippen LogP contribution in [0.25, 0.3) is 0 Å². The van der Waals surface area contributed by atoms with Gasteiger partial charge in [0, 0.05) is 55.6 Å². The number of halogens is 1. The lowest BCUT2D eigenvalue weighted by Crippen LogP contribution is -2.78. The number of likely N-dealkylation sites (N-methyl/N-ethyl adjacent to an activating group) is 1. The van der Waals surface area contributed by atoms with Gasteiger partial charge in [0.25, 0.3) is 29.1 Å². The predicted octanol–water partition coefficient (Wildman–Crippen LogP) is -1.16. The van der Waals surface area contributed by atoms with Gasteiger partial charge in [-0.05, 0) is 29.7 Å². The summed E-state index contributed by atoms with van der Waals surface area (Å²) in [5, 5.41) is 66.1. The highest BCUT2D eigenvalue weighted by Crippen LogP contribution is 2.39. The van der Waals surface area contributed by atoms with Crippen molar-refractivity contribution in [2.75, 3.05) is 32.1 Å². The summed E-state index contributed by atoms with van der Waals surface area (Å²) in [6.45, 7) is 5.05. The van der Waals surface area contributed by atoms with Gasteiger partial charge in [0.2, 0.25) is 0 Å². The zero-order valence-electron chi connectivity index (χ0n) is 23.5. The Morgan fingerprint density at radius 3 is 2.43 bits per heavy atom. The number of amides is 2. The van der Waals surface area contributed by atoms with Crippen LogP contribution >= 0.6 is 0 Å². The molecule has 14 heteroatoms. The second kappa shape index (κ2) is 12.8. The second-order valence-electron chi connectivity index (χ2n) is 10.6. The normalized spacial score (nSPS) is 15.1. The Labute approximate surface area is 241 Å². The Hall–Kier alpha value is -3.50. The molecule has 1 unspecified atom stereocenters. The van der Waals surface area contributed by atoms with Crippen LogP contribution in [0.5, 0.6) is 0 Å². The monoisotopic (exact) mass is 592 g/mol. The number of carbonyl (C=O) groups excluding carboxylic acids is 3. The maximum absolute atomic E-state index is 15.0. The van der Waals surface area contributed by atoms with Crippen LogP contribution in [0.2, 0.25) is 0 Å². The second-order valence-corrected chi connectivity index (χ2v) is 10.6. The number of aldehydes is 1. The van der Waals surface area contributed by atoms with Crippen molar-refractivity contribution in [2.24, 2.45) is 5.92 Å². The van der Waals surface area contributed by atoms with Gasteiger partial charge in [0.1, 0.15) is 5.82 Å². The average molecular weight is 593 g/mol. The van der Waals surface area contributed by atoms with Crippen molar-refractivity contribution in [1.82, 2.24) is 15.1 Å². The molecule has 0 saturated heterocycles. The van der Waals surface area contributed by atoms with E-state index in [1.165, 1.54) is 18.2 Å². The minimum Gasteiger partial charge on any atom is -0.395 e. The molecular weight excluding hydrogens is 555 g/mol. The molecule has 0 aromatic heterocycles. The molecule has 0 radical (unpaired) electrons. The predicted molar refractivity (Wildman–Crippen MR) is 147 cm³/mol. The van der Waals surface area contributed by atoms with E-state index in [2.05, 4.69) is 5.32 Å². The van der Waals surface area contributed by atoms with Crippen LogP contribution in [0.3, 0.4) is 0 Å². The molecule has 2 aromatic rings. The largest absolute Gasteiger partial charge is 0.395 e. The molecule has 230 valence electrons. The first-order valence-electron chi connectivity index (χ1n) is 13.2. The molecule has 0 fully saturated rings. The summed E-state index contributed by atoms with van der Waals surface area (Å²) in [6, 6.07) is 9.10. The highest BCUT2D eigenvalue weighted by Gasteiger charge is 2.70. The molecule has 1 aliphatic rings. The Morgan fingerprint density at radius 2 is 1.86 bits per heavy atom. The minimum absolute atomic E-state index is 0.0192. The summed E-state index contributed by atoms with van der Waals surface area (Å²) in [5.74, 6) is -11.2. The Kier molecular flexibility index (Phi) is 10.1. The zero-order valence-corrected chi connectivity index (χ0v) is 23.5. The van der Waals surface area contributed by atoms with Gasteiger partial charge in [0.15, 0.2) is 6.29 Å². The summed E-state index contributed by atoms with van der Waals surface area (Å²) in [6.07, 6.45) is -0.712. The van der Waals surface area contributed by atoms with E-state index in [0.717, 1.165) is 19.2 Å². The molecule has 0 bridgehead atoms. The first-order valence-corrected chi connectivity index (χ1v) is 13.2. The van der Waals surface area contributed by atoms with Gasteiger partial charge in [-0.1, -0.05) is 32.0 Å². The Morgan fingerprint density at radius 1 is 1.17 bits per heavy atom. The summed E-state index contributed by atoms with van der Waals surface area (Å²) < 4.78 is 15.0. The number of fused-ring (bicyclic) bond motifs is 1. The SMILES string of the molecule is CNC(=O)C(O)(N1Cc2c(NCc3ccc(CN(CCO)CC(C)C)cc3F)cccc2C1=O)C(O)(O)C(O)(O)C=O. The topological polar surface area (TPSA) is 203 Å². The summed E-state index contributed by atoms with van der Waals surface area (Å²) in [7, 11) is 0.982. The highest BCUT2D eigenvalue weighted by atomic mass is 19.1. The summed E-state index contributed by atoms with van der Waals surface area (Å²) in [4.78, 5) is 39.4. The van der Waals surface area contributed by atoms with Gasteiger partial charge in [-0.3, -0.25) is 24.2 Å². The lowest BCUT2D eigenvalue weighted by atomic mass is 9.91. The third kappa shape index (κ3) is 6.15. The highest BCUT2D eigenvalue weighted by molar-refractivity contribution is 6.03. The van der Waals surface area contributed by atoms with Gasteiger partial charge in [-0.15, -0.1) is 0 Å². The minimum atomic E-state index is -4.26. The fourth-order valence-electron chi connectivity index (χ4n) is 4.92. The van der Waals surface area contributed by atoms with Crippen LogP contribution in [0.4, 0.5) is 10.1 Å². The number of anilines is 1. The molecule has 13 nitrogen and oxygen atoms in total. The molecule has 2 aromatic carbocycles. The molecule has 0 saturated carbocycles. The van der Waals surface area contributed by atoms with E-state index in [4.69, 9.17) is 0 Å². The number of carbonyl (C=O) groups is 3. The zero-order chi connectivity index (χ0) is 31.5. The van der Waals surface area contributed by atoms with Gasteiger partial charge >= 0.3 is 0 Å². The van der Waals surface area contributed by atoms with E-state index in [1.807, 2.05) is 24.1 Å². The number of hydrogen-bond donors (Lipinski definition) is 8. The van der Waals surface area contributed by atoms with E-state index >= 15 is 4.39 Å². The van der Waals surface area contributed by atoms with E-state index in [1.54, 1.807) is 18.2 Å². The van der Waals surface area contributed by atoms with Crippen LogP contribution in [0.15, 0.2) is 36.4 Å². The van der Waals surface area contributed by atoms with Crippen LogP contribution in [-0.4, -0.2) is 103 Å². The summed E-state index contributed by atoms with van der Waals surface area (Å²) >= 11 is 0. The first kappa shape index (κ1) is 33.0. The number of benzene rings is 2. The van der Waals surface area contributed by atoms with Gasteiger partial charge in [-0.2, -0.15) is 0 Å². The molecule has 1 aliphatic heterocycles. The Balaban J connectivity index is 1.86.